The minimum Gasteiger partial charge on any atom is -0.465 e. The standard InChI is InChI=1S/C23H26N2O2.C23H22N2.C20H18N2O2.C13H12N2O2.C7H6BrNO2.C7H6INO2.C6H7N.CO2/c1-22(2,26)18-13-8-9-15-20(18)25(17-11-6-5-7-12-17)21-19(23(3,4)27)14-10-16-24-21;1-22(2)15-9-5-6-13-19(15)25-20-16(22)10-7-11-17(20)23(3,4)18-12-8-14-24-21(18)25;1-15-9-6-7-13-18(15)22(16-10-4-3-5-11-16)19-17(20(23)24-2)12-8-14-21-19;1-17-13(16)11-8-5-9-14-12(11)15-10-6-3-2-4-7-10;2*1-11-7(10)5-3-2-4-9-6(5)8;7-6-4-2-1-3-5-6;2-1-3/h5-16,26-27H,1-4H3;5-14H,1-4H3;3-14H,1-2H3;2-9H,1H3,(H,14,15);2*2-4H,1H3;1-5H,7H2;. The number of carbonyl (C=O) groups excluding carboxylic acids is 6. The lowest BCUT2D eigenvalue weighted by atomic mass is 9.67. The lowest BCUT2D eigenvalue weighted by molar-refractivity contribution is -0.191. The Morgan fingerprint density at radius 3 is 1.37 bits per heavy atom. The molecule has 6 aromatic heterocycles. The summed E-state index contributed by atoms with van der Waals surface area (Å²) in [6.45, 7) is 18.4. The maximum absolute atomic E-state index is 12.2. The molecule has 0 saturated heterocycles. The summed E-state index contributed by atoms with van der Waals surface area (Å²) in [4.78, 5) is 94.0. The monoisotopic (exact) mass is 1850 g/mol. The van der Waals surface area contributed by atoms with E-state index in [1.807, 2.05) is 228 Å². The number of esters is 4. The summed E-state index contributed by atoms with van der Waals surface area (Å²) in [7, 11) is 5.41. The number of hydrogen-bond donors (Lipinski definition) is 4. The molecule has 2 aliphatic heterocycles. The highest BCUT2D eigenvalue weighted by atomic mass is 127. The lowest BCUT2D eigenvalue weighted by Crippen LogP contribution is -2.38. The highest BCUT2D eigenvalue weighted by Gasteiger charge is 2.46. The summed E-state index contributed by atoms with van der Waals surface area (Å²) < 4.78 is 19.8. The third-order valence-electron chi connectivity index (χ3n) is 19.7. The van der Waals surface area contributed by atoms with E-state index in [4.69, 9.17) is 29.8 Å². The Balaban J connectivity index is 0.000000170. The maximum atomic E-state index is 12.2. The minimum atomic E-state index is -1.07. The van der Waals surface area contributed by atoms with Crippen molar-refractivity contribution in [1.29, 1.82) is 0 Å². The molecule has 0 fully saturated rings. The molecule has 8 heterocycles. The predicted molar refractivity (Wildman–Crippen MR) is 500 cm³/mol. The van der Waals surface area contributed by atoms with Crippen LogP contribution in [0.2, 0.25) is 0 Å². The van der Waals surface area contributed by atoms with Crippen molar-refractivity contribution < 1.29 is 57.9 Å². The second-order valence-electron chi connectivity index (χ2n) is 29.7. The summed E-state index contributed by atoms with van der Waals surface area (Å²) in [6.07, 6.45) is 10.4. The summed E-state index contributed by atoms with van der Waals surface area (Å²) in [6, 6.07) is 91.5. The van der Waals surface area contributed by atoms with Crippen molar-refractivity contribution in [3.8, 4) is 0 Å². The minimum absolute atomic E-state index is 0.0270. The van der Waals surface area contributed by atoms with Crippen molar-refractivity contribution in [2.75, 3.05) is 54.2 Å². The van der Waals surface area contributed by atoms with Crippen molar-refractivity contribution >= 4 is 137 Å². The Labute approximate surface area is 750 Å². The van der Waals surface area contributed by atoms with E-state index in [-0.39, 0.29) is 28.9 Å². The van der Waals surface area contributed by atoms with Crippen LogP contribution in [-0.4, -0.2) is 98.6 Å². The van der Waals surface area contributed by atoms with Crippen LogP contribution in [0.3, 0.4) is 0 Å². The SMILES string of the molecule is CC(C)(O)c1ccccc1N(c1ccccc1)c1ncccc1C(C)(C)O.CC1(C)c2ccccc2N2c3ncccc3C(C)(C)c3cccc1c32.COC(=O)c1cccnc1Br.COC(=O)c1cccnc1I.COC(=O)c1cccnc1N(c1ccccc1)c1ccccc1C.COC(=O)c1cccnc1Nc1ccccc1.Nc1ccccc1.O=C=O. The largest absolute Gasteiger partial charge is 0.465 e. The number of hydrogen-bond acceptors (Lipinski definition) is 23. The average Bonchev–Trinajstić information content (AvgIpc) is 0.692. The average molecular weight is 1850 g/mol. The molecule has 125 heavy (non-hydrogen) atoms. The van der Waals surface area contributed by atoms with E-state index < -0.39 is 23.1 Å². The van der Waals surface area contributed by atoms with E-state index in [1.165, 1.54) is 62.1 Å². The van der Waals surface area contributed by atoms with Gasteiger partial charge in [-0.25, -0.2) is 49.1 Å². The van der Waals surface area contributed by atoms with Gasteiger partial charge in [-0.15, -0.1) is 0 Å². The molecule has 638 valence electrons. The van der Waals surface area contributed by atoms with Crippen LogP contribution in [0.4, 0.5) is 68.8 Å². The first-order chi connectivity index (χ1) is 60.0. The number of para-hydroxylation sites is 8. The van der Waals surface area contributed by atoms with Gasteiger partial charge in [-0.3, -0.25) is 14.7 Å². The second-order valence-corrected chi connectivity index (χ2v) is 31.5. The summed E-state index contributed by atoms with van der Waals surface area (Å²) >= 11 is 5.11. The van der Waals surface area contributed by atoms with Gasteiger partial charge in [-0.05, 0) is 223 Å². The molecular formula is C100H97BrIN11O12. The third-order valence-corrected chi connectivity index (χ3v) is 21.2. The Kier molecular flexibility index (Phi) is 34.0. The number of halogens is 2. The van der Waals surface area contributed by atoms with Gasteiger partial charge in [0.05, 0.1) is 73.5 Å². The number of fused-ring (bicyclic) bond motifs is 4. The quantitative estimate of drug-likeness (QED) is 0.0258. The number of aryl methyl sites for hydroxylation is 1. The topological polar surface area (TPSA) is 305 Å². The van der Waals surface area contributed by atoms with Gasteiger partial charge in [0, 0.05) is 87.5 Å². The number of aliphatic hydroxyl groups is 2. The fraction of sp³-hybridized carbons (Fsp3) is 0.170. The number of carbonyl (C=O) groups is 4. The molecule has 5 N–H and O–H groups in total. The van der Waals surface area contributed by atoms with Crippen LogP contribution in [0.15, 0.2) is 327 Å². The lowest BCUT2D eigenvalue weighted by Gasteiger charge is -2.48. The van der Waals surface area contributed by atoms with E-state index in [0.29, 0.717) is 53.6 Å². The Bertz CT molecular complexity index is 5790. The Morgan fingerprint density at radius 2 is 0.824 bits per heavy atom. The van der Waals surface area contributed by atoms with Crippen LogP contribution in [0.5, 0.6) is 0 Å². The first-order valence-corrected chi connectivity index (χ1v) is 41.2. The zero-order valence-corrected chi connectivity index (χ0v) is 75.2. The van der Waals surface area contributed by atoms with Crippen LogP contribution in [0, 0.1) is 10.6 Å². The molecule has 0 spiro atoms. The van der Waals surface area contributed by atoms with E-state index in [9.17, 15) is 29.4 Å². The van der Waals surface area contributed by atoms with Crippen LogP contribution < -0.4 is 25.8 Å². The molecule has 16 rings (SSSR count). The number of anilines is 12. The number of pyridine rings is 6. The number of rotatable bonds is 14. The van der Waals surface area contributed by atoms with Crippen LogP contribution in [0.1, 0.15) is 136 Å². The predicted octanol–water partition coefficient (Wildman–Crippen LogP) is 21.9. The van der Waals surface area contributed by atoms with Crippen LogP contribution in [-0.2, 0) is 50.6 Å². The molecule has 0 bridgehead atoms. The fourth-order valence-electron chi connectivity index (χ4n) is 13.7. The molecule has 0 unspecified atom stereocenters. The van der Waals surface area contributed by atoms with E-state index in [1.54, 1.807) is 107 Å². The van der Waals surface area contributed by atoms with Crippen molar-refractivity contribution in [2.24, 2.45) is 0 Å². The first kappa shape index (κ1) is 94.9. The number of nitrogens with one attached hydrogen (secondary N) is 1. The normalized spacial score (nSPS) is 11.7. The number of methoxy groups -OCH3 is 4. The van der Waals surface area contributed by atoms with Gasteiger partial charge in [0.25, 0.3) is 0 Å². The molecule has 23 nitrogen and oxygen atoms in total. The van der Waals surface area contributed by atoms with E-state index in [2.05, 4.69) is 143 Å². The number of nitrogens with zero attached hydrogens (tertiary/aromatic N) is 9. The van der Waals surface area contributed by atoms with Crippen LogP contribution in [0.25, 0.3) is 0 Å². The second kappa shape index (κ2) is 44.7. The van der Waals surface area contributed by atoms with Crippen molar-refractivity contribution in [2.45, 2.75) is 84.3 Å². The summed E-state index contributed by atoms with van der Waals surface area (Å²) in [5.74, 6) is 1.19. The van der Waals surface area contributed by atoms with Crippen molar-refractivity contribution in [3.63, 3.8) is 0 Å². The molecule has 0 amide bonds. The molecular weight excluding hydrogens is 1750 g/mol. The van der Waals surface area contributed by atoms with Crippen LogP contribution >= 0.6 is 38.5 Å². The molecule has 14 aromatic rings. The van der Waals surface area contributed by atoms with Crippen molar-refractivity contribution in [3.05, 3.63) is 392 Å². The number of aromatic nitrogens is 6. The first-order valence-electron chi connectivity index (χ1n) is 39.3. The number of nitrogen functional groups attached to an aromatic ring is 1. The highest BCUT2D eigenvalue weighted by molar-refractivity contribution is 14.1. The molecule has 2 aliphatic rings. The van der Waals surface area contributed by atoms with Gasteiger partial charge in [0.1, 0.15) is 36.9 Å². The molecule has 8 aromatic carbocycles. The van der Waals surface area contributed by atoms with E-state index >= 15 is 0 Å². The summed E-state index contributed by atoms with van der Waals surface area (Å²) in [5.41, 5.74) is 20.8. The Morgan fingerprint density at radius 1 is 0.432 bits per heavy atom. The van der Waals surface area contributed by atoms with Gasteiger partial charge in [0.2, 0.25) is 0 Å². The fourth-order valence-corrected chi connectivity index (χ4v) is 14.6. The van der Waals surface area contributed by atoms with Gasteiger partial charge in [-0.2, -0.15) is 9.59 Å². The number of benzene rings is 8. The molecule has 0 aliphatic carbocycles. The number of nitrogens with two attached hydrogens (primary N) is 1. The Hall–Kier alpha value is -14.0. The highest BCUT2D eigenvalue weighted by Crippen LogP contribution is 2.59. The molecule has 0 saturated carbocycles. The van der Waals surface area contributed by atoms with Gasteiger partial charge >= 0.3 is 30.0 Å². The zero-order valence-electron chi connectivity index (χ0n) is 71.4. The third kappa shape index (κ3) is 24.1. The number of ether oxygens (including phenoxy) is 4. The van der Waals surface area contributed by atoms with Crippen molar-refractivity contribution in [1.82, 2.24) is 29.9 Å². The van der Waals surface area contributed by atoms with Gasteiger partial charge < -0.3 is 40.2 Å². The molecule has 25 heteroatoms. The van der Waals surface area contributed by atoms with Gasteiger partial charge in [0.15, 0.2) is 5.82 Å². The maximum Gasteiger partial charge on any atom is 0.373 e. The zero-order chi connectivity index (χ0) is 90.4. The summed E-state index contributed by atoms with van der Waals surface area (Å²) in [5, 5.41) is 24.5. The smallest absolute Gasteiger partial charge is 0.373 e. The van der Waals surface area contributed by atoms with E-state index in [0.717, 1.165) is 51.1 Å². The molecule has 0 radical (unpaired) electrons. The van der Waals surface area contributed by atoms with Gasteiger partial charge in [-0.1, -0.05) is 185 Å². The molecule has 0 atom stereocenters.